The van der Waals surface area contributed by atoms with Gasteiger partial charge in [0.05, 0.1) is 6.61 Å². The first-order valence-electron chi connectivity index (χ1n) is 3.91. The Morgan fingerprint density at radius 3 is 3.00 bits per heavy atom. The molecule has 0 radical (unpaired) electrons. The van der Waals surface area contributed by atoms with Crippen LogP contribution in [0.1, 0.15) is 12.8 Å². The first-order valence-corrected chi connectivity index (χ1v) is 3.91. The molecule has 0 amide bonds. The van der Waals surface area contributed by atoms with Crippen molar-refractivity contribution < 1.29 is 5.11 Å². The second kappa shape index (κ2) is 3.91. The lowest BCUT2D eigenvalue weighted by molar-refractivity contribution is 0.162. The number of likely N-dealkylation sites (tertiary alicyclic amines) is 1. The van der Waals surface area contributed by atoms with Gasteiger partial charge >= 0.3 is 0 Å². The number of nitrogens with two attached hydrogens (primary N) is 1. The molecule has 1 heterocycles. The molecule has 60 valence electrons. The van der Waals surface area contributed by atoms with Gasteiger partial charge in [0.15, 0.2) is 0 Å². The van der Waals surface area contributed by atoms with E-state index >= 15 is 0 Å². The molecule has 0 bridgehead atoms. The zero-order valence-electron chi connectivity index (χ0n) is 6.29. The van der Waals surface area contributed by atoms with Crippen LogP contribution in [0.15, 0.2) is 0 Å². The Labute approximate surface area is 61.8 Å². The molecule has 0 aliphatic carbocycles. The maximum atomic E-state index is 8.62. The summed E-state index contributed by atoms with van der Waals surface area (Å²) < 4.78 is 0. The van der Waals surface area contributed by atoms with Crippen LogP contribution in [0.4, 0.5) is 0 Å². The van der Waals surface area contributed by atoms with Crippen LogP contribution in [-0.4, -0.2) is 42.3 Å². The summed E-state index contributed by atoms with van der Waals surface area (Å²) >= 11 is 0. The van der Waals surface area contributed by atoms with Gasteiger partial charge in [-0.1, -0.05) is 0 Å². The van der Waals surface area contributed by atoms with Gasteiger partial charge in [0.25, 0.3) is 0 Å². The highest BCUT2D eigenvalue weighted by Crippen LogP contribution is 2.06. The quantitative estimate of drug-likeness (QED) is 0.544. The molecule has 3 heteroatoms. The van der Waals surface area contributed by atoms with Crippen LogP contribution >= 0.6 is 0 Å². The van der Waals surface area contributed by atoms with Crippen molar-refractivity contribution in [3.8, 4) is 0 Å². The van der Waals surface area contributed by atoms with Gasteiger partial charge in [-0.2, -0.15) is 0 Å². The van der Waals surface area contributed by atoms with Crippen molar-refractivity contribution in [2.24, 2.45) is 5.73 Å². The van der Waals surface area contributed by atoms with E-state index in [2.05, 4.69) is 4.90 Å². The second-order valence-electron chi connectivity index (χ2n) is 2.93. The lowest BCUT2D eigenvalue weighted by atomic mass is 10.1. The minimum absolute atomic E-state index is 0.257. The summed E-state index contributed by atoms with van der Waals surface area (Å²) in [6.45, 7) is 3.11. The molecule has 1 unspecified atom stereocenters. The predicted molar refractivity (Wildman–Crippen MR) is 40.7 cm³/mol. The third-order valence-electron chi connectivity index (χ3n) is 1.96. The van der Waals surface area contributed by atoms with Gasteiger partial charge in [-0.15, -0.1) is 0 Å². The van der Waals surface area contributed by atoms with Crippen LogP contribution in [0.3, 0.4) is 0 Å². The number of rotatable bonds is 2. The summed E-state index contributed by atoms with van der Waals surface area (Å²) in [6, 6.07) is 0.334. The van der Waals surface area contributed by atoms with E-state index in [1.54, 1.807) is 0 Å². The molecule has 1 atom stereocenters. The van der Waals surface area contributed by atoms with Crippen LogP contribution in [0.2, 0.25) is 0 Å². The molecular weight excluding hydrogens is 128 g/mol. The topological polar surface area (TPSA) is 49.5 Å². The largest absolute Gasteiger partial charge is 0.395 e. The van der Waals surface area contributed by atoms with Crippen LogP contribution in [-0.2, 0) is 0 Å². The first-order chi connectivity index (χ1) is 4.83. The summed E-state index contributed by atoms with van der Waals surface area (Å²) in [5.74, 6) is 0. The van der Waals surface area contributed by atoms with Crippen LogP contribution in [0.5, 0.6) is 0 Å². The molecule has 3 N–H and O–H groups in total. The van der Waals surface area contributed by atoms with Crippen molar-refractivity contribution in [3.63, 3.8) is 0 Å². The maximum absolute atomic E-state index is 8.62. The minimum Gasteiger partial charge on any atom is -0.395 e. The third kappa shape index (κ3) is 2.25. The van der Waals surface area contributed by atoms with E-state index in [-0.39, 0.29) is 6.61 Å². The molecule has 1 saturated heterocycles. The van der Waals surface area contributed by atoms with Gasteiger partial charge in [0, 0.05) is 19.1 Å². The summed E-state index contributed by atoms with van der Waals surface area (Å²) in [6.07, 6.45) is 2.32. The Hall–Kier alpha value is -0.120. The molecule has 0 spiro atoms. The molecule has 10 heavy (non-hydrogen) atoms. The third-order valence-corrected chi connectivity index (χ3v) is 1.96. The number of nitrogens with zero attached hydrogens (tertiary/aromatic N) is 1. The lowest BCUT2D eigenvalue weighted by Crippen LogP contribution is -2.43. The molecule has 1 rings (SSSR count). The van der Waals surface area contributed by atoms with Crippen LogP contribution < -0.4 is 5.73 Å². The summed E-state index contributed by atoms with van der Waals surface area (Å²) in [7, 11) is 0. The van der Waals surface area contributed by atoms with Crippen molar-refractivity contribution in [2.75, 3.05) is 26.2 Å². The molecule has 1 fully saturated rings. The molecule has 0 aromatic rings. The molecular formula is C7H16N2O. The zero-order valence-corrected chi connectivity index (χ0v) is 6.29. The fourth-order valence-electron chi connectivity index (χ4n) is 1.44. The Kier molecular flexibility index (Phi) is 3.12. The van der Waals surface area contributed by atoms with Gasteiger partial charge in [0.1, 0.15) is 0 Å². The predicted octanol–water partition coefficient (Wildman–Crippen LogP) is -0.598. The van der Waals surface area contributed by atoms with E-state index in [0.29, 0.717) is 6.04 Å². The van der Waals surface area contributed by atoms with Crippen molar-refractivity contribution in [2.45, 2.75) is 18.9 Å². The highest BCUT2D eigenvalue weighted by Gasteiger charge is 2.14. The van der Waals surface area contributed by atoms with E-state index < -0.39 is 0 Å². The smallest absolute Gasteiger partial charge is 0.0558 e. The van der Waals surface area contributed by atoms with Gasteiger partial charge in [-0.25, -0.2) is 0 Å². The van der Waals surface area contributed by atoms with E-state index in [4.69, 9.17) is 10.8 Å². The number of aliphatic hydroxyl groups is 1. The van der Waals surface area contributed by atoms with Crippen LogP contribution in [0, 0.1) is 0 Å². The van der Waals surface area contributed by atoms with Gasteiger partial charge < -0.3 is 10.8 Å². The monoisotopic (exact) mass is 144 g/mol. The average molecular weight is 144 g/mol. The highest BCUT2D eigenvalue weighted by atomic mass is 16.3. The Balaban J connectivity index is 2.18. The van der Waals surface area contributed by atoms with E-state index in [1.807, 2.05) is 0 Å². The first kappa shape index (κ1) is 7.98. The van der Waals surface area contributed by atoms with Crippen molar-refractivity contribution in [1.29, 1.82) is 0 Å². The van der Waals surface area contributed by atoms with Crippen molar-refractivity contribution in [1.82, 2.24) is 4.90 Å². The molecule has 1 aliphatic rings. The molecule has 0 saturated carbocycles. The SMILES string of the molecule is NC1CCCN(CCO)C1. The standard InChI is InChI=1S/C7H16N2O/c8-7-2-1-3-9(6-7)4-5-10/h7,10H,1-6,8H2. The maximum Gasteiger partial charge on any atom is 0.0558 e. The highest BCUT2D eigenvalue weighted by molar-refractivity contribution is 4.74. The Morgan fingerprint density at radius 2 is 2.40 bits per heavy atom. The minimum atomic E-state index is 0.257. The fourth-order valence-corrected chi connectivity index (χ4v) is 1.44. The molecule has 0 aromatic heterocycles. The number of hydrogen-bond acceptors (Lipinski definition) is 3. The van der Waals surface area contributed by atoms with Gasteiger partial charge in [0.2, 0.25) is 0 Å². The van der Waals surface area contributed by atoms with Crippen LogP contribution in [0.25, 0.3) is 0 Å². The second-order valence-corrected chi connectivity index (χ2v) is 2.93. The van der Waals surface area contributed by atoms with E-state index in [0.717, 1.165) is 26.1 Å². The van der Waals surface area contributed by atoms with Crippen molar-refractivity contribution in [3.05, 3.63) is 0 Å². The number of β-amino-alcohol motifs (C(OH)–C–C–N with tert-alkyl or cyclic N) is 1. The van der Waals surface area contributed by atoms with Crippen molar-refractivity contribution >= 4 is 0 Å². The van der Waals surface area contributed by atoms with Gasteiger partial charge in [-0.3, -0.25) is 4.90 Å². The fraction of sp³-hybridized carbons (Fsp3) is 1.00. The average Bonchev–Trinajstić information content (AvgIpc) is 1.88. The molecule has 1 aliphatic heterocycles. The van der Waals surface area contributed by atoms with Gasteiger partial charge in [-0.05, 0) is 19.4 Å². The number of piperidine rings is 1. The lowest BCUT2D eigenvalue weighted by Gasteiger charge is -2.29. The summed E-state index contributed by atoms with van der Waals surface area (Å²) in [5, 5.41) is 8.62. The molecule has 3 nitrogen and oxygen atoms in total. The Bertz CT molecular complexity index is 95.6. The molecule has 0 aromatic carbocycles. The zero-order chi connectivity index (χ0) is 7.40. The van der Waals surface area contributed by atoms with E-state index in [1.165, 1.54) is 6.42 Å². The van der Waals surface area contributed by atoms with E-state index in [9.17, 15) is 0 Å². The number of hydrogen-bond donors (Lipinski definition) is 2. The summed E-state index contributed by atoms with van der Waals surface area (Å²) in [4.78, 5) is 2.22. The normalized spacial score (nSPS) is 28.8. The Morgan fingerprint density at radius 1 is 1.60 bits per heavy atom. The number of aliphatic hydroxyl groups excluding tert-OH is 1. The summed E-state index contributed by atoms with van der Waals surface area (Å²) in [5.41, 5.74) is 5.73.